The van der Waals surface area contributed by atoms with Gasteiger partial charge in [0.15, 0.2) is 0 Å². The first-order valence-electron chi connectivity index (χ1n) is 20.1. The summed E-state index contributed by atoms with van der Waals surface area (Å²) >= 11 is 6.26. The number of rotatable bonds is 10. The average molecular weight is 792 g/mol. The van der Waals surface area contributed by atoms with Crippen LogP contribution in [0.4, 0.5) is 11.4 Å². The highest BCUT2D eigenvalue weighted by molar-refractivity contribution is 6.31. The normalized spacial score (nSPS) is 23.5. The van der Waals surface area contributed by atoms with Crippen LogP contribution in [0.5, 0.6) is 5.75 Å². The van der Waals surface area contributed by atoms with Gasteiger partial charge < -0.3 is 30.5 Å². The van der Waals surface area contributed by atoms with Crippen LogP contribution in [0.2, 0.25) is 5.02 Å². The molecule has 3 aliphatic heterocycles. The molecule has 1 unspecified atom stereocenters. The fourth-order valence-electron chi connectivity index (χ4n) is 9.56. The van der Waals surface area contributed by atoms with E-state index in [1.54, 1.807) is 24.3 Å². The van der Waals surface area contributed by atoms with Gasteiger partial charge in [0.25, 0.3) is 11.8 Å². The minimum Gasteiger partial charge on any atom is -0.489 e. The molecule has 3 aromatic carbocycles. The number of piperidine rings is 2. The van der Waals surface area contributed by atoms with Gasteiger partial charge in [0.2, 0.25) is 5.91 Å². The number of hydrogen-bond acceptors (Lipinski definition) is 8. The third-order valence-corrected chi connectivity index (χ3v) is 12.9. The van der Waals surface area contributed by atoms with E-state index in [2.05, 4.69) is 89.2 Å². The van der Waals surface area contributed by atoms with E-state index in [1.807, 2.05) is 24.3 Å². The van der Waals surface area contributed by atoms with E-state index in [0.29, 0.717) is 51.9 Å². The zero-order valence-corrected chi connectivity index (χ0v) is 34.2. The summed E-state index contributed by atoms with van der Waals surface area (Å²) in [5.74, 6) is 0.708. The van der Waals surface area contributed by atoms with Crippen LogP contribution in [0.25, 0.3) is 0 Å². The van der Waals surface area contributed by atoms with Crippen LogP contribution in [0.3, 0.4) is 0 Å². The van der Waals surface area contributed by atoms with Gasteiger partial charge in [0, 0.05) is 97.0 Å². The summed E-state index contributed by atoms with van der Waals surface area (Å²) in [5.41, 5.74) is 3.80. The summed E-state index contributed by atoms with van der Waals surface area (Å²) in [6, 6.07) is 22.2. The van der Waals surface area contributed by atoms with Crippen molar-refractivity contribution in [2.45, 2.75) is 71.6 Å². The second-order valence-electron chi connectivity index (χ2n) is 17.3. The van der Waals surface area contributed by atoms with E-state index in [9.17, 15) is 19.6 Å². The number of ether oxygens (including phenoxy) is 1. The van der Waals surface area contributed by atoms with Crippen LogP contribution in [-0.2, 0) is 4.79 Å². The largest absolute Gasteiger partial charge is 0.489 e. The molecule has 1 atom stereocenters. The number of benzene rings is 3. The minimum atomic E-state index is -0.541. The van der Waals surface area contributed by atoms with Gasteiger partial charge in [-0.2, -0.15) is 5.26 Å². The molecule has 11 nitrogen and oxygen atoms in total. The summed E-state index contributed by atoms with van der Waals surface area (Å²) in [6.07, 6.45) is 3.30. The van der Waals surface area contributed by atoms with Crippen molar-refractivity contribution in [3.63, 3.8) is 0 Å². The Labute approximate surface area is 341 Å². The Bertz CT molecular complexity index is 2030. The number of halogens is 1. The number of nitrogens with zero attached hydrogens (tertiary/aromatic N) is 4. The van der Waals surface area contributed by atoms with Gasteiger partial charge in [-0.05, 0) is 86.2 Å². The van der Waals surface area contributed by atoms with Crippen molar-refractivity contribution >= 4 is 40.7 Å². The number of nitriles is 1. The molecule has 3 saturated heterocycles. The van der Waals surface area contributed by atoms with Crippen LogP contribution >= 0.6 is 11.6 Å². The molecule has 300 valence electrons. The highest BCUT2D eigenvalue weighted by atomic mass is 35.5. The van der Waals surface area contributed by atoms with E-state index in [1.165, 1.54) is 0 Å². The van der Waals surface area contributed by atoms with Crippen molar-refractivity contribution in [1.29, 1.82) is 5.26 Å². The molecule has 0 aromatic heterocycles. The number of amides is 3. The maximum atomic E-state index is 13.5. The molecule has 57 heavy (non-hydrogen) atoms. The molecule has 4 fully saturated rings. The number of nitrogens with one attached hydrogen (secondary N) is 3. The van der Waals surface area contributed by atoms with Crippen LogP contribution in [0, 0.1) is 28.1 Å². The van der Waals surface area contributed by atoms with Gasteiger partial charge in [0.05, 0.1) is 10.6 Å². The molecule has 0 spiro atoms. The van der Waals surface area contributed by atoms with Gasteiger partial charge >= 0.3 is 0 Å². The predicted octanol–water partition coefficient (Wildman–Crippen LogP) is 6.38. The van der Waals surface area contributed by atoms with Gasteiger partial charge in [-0.3, -0.25) is 19.3 Å². The number of allylic oxidation sites excluding steroid dienone is 1. The lowest BCUT2D eigenvalue weighted by atomic mass is 9.49. The first kappa shape index (κ1) is 40.2. The number of anilines is 2. The molecular weight excluding hydrogens is 738 g/mol. The highest BCUT2D eigenvalue weighted by Crippen LogP contribution is 2.55. The molecule has 3 aromatic rings. The Morgan fingerprint density at radius 3 is 2.18 bits per heavy atom. The number of carbonyl (C=O) groups excluding carboxylic acids is 3. The van der Waals surface area contributed by atoms with Crippen molar-refractivity contribution in [3.8, 4) is 11.8 Å². The number of hydrogen-bond donors (Lipinski definition) is 3. The summed E-state index contributed by atoms with van der Waals surface area (Å²) in [5, 5.41) is 18.5. The fourth-order valence-corrected chi connectivity index (χ4v) is 9.77. The summed E-state index contributed by atoms with van der Waals surface area (Å²) < 4.78 is 6.39. The Morgan fingerprint density at radius 2 is 1.53 bits per heavy atom. The number of carbonyl (C=O) groups is 3. The molecule has 1 aliphatic carbocycles. The van der Waals surface area contributed by atoms with Crippen molar-refractivity contribution < 1.29 is 19.1 Å². The van der Waals surface area contributed by atoms with E-state index < -0.39 is 6.04 Å². The van der Waals surface area contributed by atoms with Gasteiger partial charge in [0.1, 0.15) is 24.0 Å². The Hall–Kier alpha value is -5.05. The van der Waals surface area contributed by atoms with Crippen LogP contribution < -0.4 is 30.5 Å². The van der Waals surface area contributed by atoms with E-state index in [-0.39, 0.29) is 40.7 Å². The zero-order chi connectivity index (χ0) is 40.5. The zero-order valence-electron chi connectivity index (χ0n) is 33.4. The Morgan fingerprint density at radius 1 is 0.860 bits per heavy atom. The highest BCUT2D eigenvalue weighted by Gasteiger charge is 2.64. The molecule has 4 aliphatic rings. The average Bonchev–Trinajstić information content (AvgIpc) is 3.20. The topological polar surface area (TPSA) is 130 Å². The third-order valence-electron chi connectivity index (χ3n) is 12.6. The molecule has 3 amide bonds. The lowest BCUT2D eigenvalue weighted by Gasteiger charge is -2.63. The molecule has 3 heterocycles. The second-order valence-corrected chi connectivity index (χ2v) is 17.7. The molecule has 1 saturated carbocycles. The lowest BCUT2D eigenvalue weighted by molar-refractivity contribution is -0.164. The van der Waals surface area contributed by atoms with E-state index in [0.717, 1.165) is 70.0 Å². The molecule has 0 bridgehead atoms. The standard InChI is InChI=1S/C45H54ClN7O4/c1-29-9-16-38(41(56)48-29)49-40(55)32-7-6-8-35(25-32)53-23-21-51(22-24-53)28-30-17-19-52(20-18-30)34-13-10-31(11-14-34)39(54)50-42-44(2,3)43(45(42,4)5)57-36-15-12-33(27-47)37(46)26-36/h6-8,10-15,25-26,30,38,42-43H,1,9,16-24,28H2,2-5H3,(H,48,56)(H,49,55)(H,50,54). The minimum absolute atomic E-state index is 0.0955. The van der Waals surface area contributed by atoms with E-state index in [4.69, 9.17) is 16.3 Å². The molecular formula is C45H54ClN7O4. The van der Waals surface area contributed by atoms with Gasteiger partial charge in [-0.25, -0.2) is 0 Å². The van der Waals surface area contributed by atoms with E-state index >= 15 is 0 Å². The van der Waals surface area contributed by atoms with Gasteiger partial charge in [-0.1, -0.05) is 51.9 Å². The van der Waals surface area contributed by atoms with Crippen LogP contribution in [0.15, 0.2) is 79.0 Å². The quantitative estimate of drug-likeness (QED) is 0.216. The smallest absolute Gasteiger partial charge is 0.252 e. The summed E-state index contributed by atoms with van der Waals surface area (Å²) in [4.78, 5) is 46.1. The summed E-state index contributed by atoms with van der Waals surface area (Å²) in [7, 11) is 0. The molecule has 3 N–H and O–H groups in total. The lowest BCUT2D eigenvalue weighted by Crippen LogP contribution is -2.74. The molecule has 0 radical (unpaired) electrons. The number of piperazine rings is 1. The predicted molar refractivity (Wildman–Crippen MR) is 224 cm³/mol. The maximum absolute atomic E-state index is 13.5. The Kier molecular flexibility index (Phi) is 11.6. The third kappa shape index (κ3) is 8.63. The maximum Gasteiger partial charge on any atom is 0.252 e. The summed E-state index contributed by atoms with van der Waals surface area (Å²) in [6.45, 7) is 19.0. The molecule has 7 rings (SSSR count). The van der Waals surface area contributed by atoms with Crippen molar-refractivity contribution in [2.24, 2.45) is 16.7 Å². The SMILES string of the molecule is C=C1CCC(NC(=O)c2cccc(N3CCN(CC4CCN(c5ccc(C(=O)NC6C(C)(C)C(Oc7ccc(C#N)c(Cl)c7)C6(C)C)cc5)CC4)CC3)c2)C(=O)N1. The monoisotopic (exact) mass is 791 g/mol. The Balaban J connectivity index is 0.845. The van der Waals surface area contributed by atoms with Crippen LogP contribution in [-0.4, -0.2) is 86.6 Å². The second kappa shape index (κ2) is 16.4. The fraction of sp³-hybridized carbons (Fsp3) is 0.467. The van der Waals surface area contributed by atoms with Crippen molar-refractivity contribution in [3.05, 3.63) is 101 Å². The molecule has 12 heteroatoms. The van der Waals surface area contributed by atoms with Gasteiger partial charge in [-0.15, -0.1) is 0 Å². The van der Waals surface area contributed by atoms with Crippen molar-refractivity contribution in [2.75, 3.05) is 55.6 Å². The first-order valence-corrected chi connectivity index (χ1v) is 20.5. The van der Waals surface area contributed by atoms with Crippen LogP contribution in [0.1, 0.15) is 79.7 Å². The first-order chi connectivity index (χ1) is 27.2. The van der Waals surface area contributed by atoms with Crippen molar-refractivity contribution in [1.82, 2.24) is 20.9 Å².